The van der Waals surface area contributed by atoms with E-state index >= 15 is 0 Å². The Morgan fingerprint density at radius 3 is 1.94 bits per heavy atom. The van der Waals surface area contributed by atoms with Crippen LogP contribution >= 0.6 is 0 Å². The van der Waals surface area contributed by atoms with E-state index in [2.05, 4.69) is 20.8 Å². The second kappa shape index (κ2) is 4.76. The third kappa shape index (κ3) is 3.06. The molecule has 0 aliphatic rings. The second-order valence-electron chi connectivity index (χ2n) is 4.87. The lowest BCUT2D eigenvalue weighted by Gasteiger charge is -2.20. The van der Waals surface area contributed by atoms with Crippen LogP contribution in [0.2, 0.25) is 0 Å². The van der Waals surface area contributed by atoms with Crippen LogP contribution in [-0.2, 0) is 20.3 Å². The zero-order valence-corrected chi connectivity index (χ0v) is 11.7. The fraction of sp³-hybridized carbons (Fsp3) is 0.500. The number of hydrogen-bond donors (Lipinski definition) is 0. The minimum absolute atomic E-state index is 0.00938. The molecule has 0 heterocycles. The van der Waals surface area contributed by atoms with Gasteiger partial charge < -0.3 is 0 Å². The molecule has 0 saturated carbocycles. The summed E-state index contributed by atoms with van der Waals surface area (Å²) in [6, 6.07) is 6.86. The molecule has 0 spiro atoms. The van der Waals surface area contributed by atoms with Gasteiger partial charge in [-0.05, 0) is 23.1 Å². The number of nitrogens with zero attached hydrogens (tertiary/aromatic N) is 1. The largest absolute Gasteiger partial charge is 0.288 e. The lowest BCUT2D eigenvalue weighted by Crippen LogP contribution is -2.25. The van der Waals surface area contributed by atoms with Crippen molar-refractivity contribution in [3.05, 3.63) is 29.8 Å². The van der Waals surface area contributed by atoms with Gasteiger partial charge in [-0.15, -0.1) is 0 Å². The first kappa shape index (κ1) is 14.2. The fourth-order valence-electron chi connectivity index (χ4n) is 1.37. The van der Waals surface area contributed by atoms with E-state index in [0.29, 0.717) is 0 Å². The number of benzene rings is 1. The van der Waals surface area contributed by atoms with E-state index in [1.807, 2.05) is 12.1 Å². The Labute approximate surface area is 103 Å². The number of sulfonamides is 1. The van der Waals surface area contributed by atoms with Gasteiger partial charge in [0.2, 0.25) is 0 Å². The molecule has 0 aliphatic heterocycles. The summed E-state index contributed by atoms with van der Waals surface area (Å²) in [5, 5.41) is 0. The molecule has 4 nitrogen and oxygen atoms in total. The Balaban J connectivity index is 3.12. The second-order valence-corrected chi connectivity index (χ2v) is 6.81. The first-order valence-corrected chi connectivity index (χ1v) is 6.77. The molecule has 1 rings (SSSR count). The number of hydroxylamine groups is 1. The van der Waals surface area contributed by atoms with Crippen molar-refractivity contribution in [1.29, 1.82) is 0 Å². The van der Waals surface area contributed by atoms with Gasteiger partial charge in [-0.3, -0.25) is 4.84 Å². The molecular formula is C12H19NO3S. The van der Waals surface area contributed by atoms with Gasteiger partial charge in [0.05, 0.1) is 12.0 Å². The summed E-state index contributed by atoms with van der Waals surface area (Å²) in [6.07, 6.45) is 0. The summed E-state index contributed by atoms with van der Waals surface area (Å²) >= 11 is 0. The smallest absolute Gasteiger partial charge is 0.264 e. The van der Waals surface area contributed by atoms with Crippen LogP contribution in [0, 0.1) is 0 Å². The average molecular weight is 257 g/mol. The quantitative estimate of drug-likeness (QED) is 0.780. The van der Waals surface area contributed by atoms with E-state index in [4.69, 9.17) is 4.84 Å². The molecule has 0 unspecified atom stereocenters. The zero-order chi connectivity index (χ0) is 13.3. The summed E-state index contributed by atoms with van der Waals surface area (Å²) in [6.45, 7) is 6.24. The Morgan fingerprint density at radius 2 is 1.59 bits per heavy atom. The van der Waals surface area contributed by atoms with Gasteiger partial charge in [-0.1, -0.05) is 37.4 Å². The maximum atomic E-state index is 11.9. The SMILES string of the molecule is CON(C)S(=O)(=O)c1ccc(C(C)(C)C)cc1. The van der Waals surface area contributed by atoms with Gasteiger partial charge in [0, 0.05) is 7.05 Å². The Morgan fingerprint density at radius 1 is 1.12 bits per heavy atom. The van der Waals surface area contributed by atoms with Crippen molar-refractivity contribution in [1.82, 2.24) is 4.47 Å². The van der Waals surface area contributed by atoms with Crippen LogP contribution in [0.4, 0.5) is 0 Å². The highest BCUT2D eigenvalue weighted by Crippen LogP contribution is 2.24. The predicted molar refractivity (Wildman–Crippen MR) is 67.1 cm³/mol. The highest BCUT2D eigenvalue weighted by atomic mass is 32.2. The van der Waals surface area contributed by atoms with Crippen LogP contribution in [0.3, 0.4) is 0 Å². The number of hydrogen-bond acceptors (Lipinski definition) is 3. The monoisotopic (exact) mass is 257 g/mol. The molecule has 0 amide bonds. The van der Waals surface area contributed by atoms with Gasteiger partial charge in [0.15, 0.2) is 0 Å². The zero-order valence-electron chi connectivity index (χ0n) is 10.9. The average Bonchev–Trinajstić information content (AvgIpc) is 2.27. The van der Waals surface area contributed by atoms with Gasteiger partial charge in [0.1, 0.15) is 0 Å². The summed E-state index contributed by atoms with van der Waals surface area (Å²) in [4.78, 5) is 4.94. The first-order chi connectivity index (χ1) is 7.69. The number of rotatable bonds is 3. The van der Waals surface area contributed by atoms with Crippen LogP contribution in [0.15, 0.2) is 29.2 Å². The molecule has 0 saturated heterocycles. The molecular weight excluding hydrogens is 238 g/mol. The van der Waals surface area contributed by atoms with Gasteiger partial charge in [0.25, 0.3) is 10.0 Å². The summed E-state index contributed by atoms with van der Waals surface area (Å²) in [5.41, 5.74) is 1.10. The highest BCUT2D eigenvalue weighted by Gasteiger charge is 2.21. The van der Waals surface area contributed by atoms with Gasteiger partial charge in [-0.2, -0.15) is 0 Å². The molecule has 0 bridgehead atoms. The van der Waals surface area contributed by atoms with E-state index in [1.54, 1.807) is 12.1 Å². The third-order valence-electron chi connectivity index (χ3n) is 2.61. The minimum atomic E-state index is -3.54. The minimum Gasteiger partial charge on any atom is -0.288 e. The Bertz CT molecular complexity index is 471. The molecule has 0 fully saturated rings. The van der Waals surface area contributed by atoms with E-state index in [-0.39, 0.29) is 10.3 Å². The van der Waals surface area contributed by atoms with Crippen molar-refractivity contribution < 1.29 is 13.3 Å². The van der Waals surface area contributed by atoms with E-state index < -0.39 is 10.0 Å². The van der Waals surface area contributed by atoms with Crippen LogP contribution in [0.5, 0.6) is 0 Å². The molecule has 5 heteroatoms. The van der Waals surface area contributed by atoms with Gasteiger partial charge >= 0.3 is 0 Å². The van der Waals surface area contributed by atoms with E-state index in [1.165, 1.54) is 14.2 Å². The third-order valence-corrected chi connectivity index (χ3v) is 4.31. The lowest BCUT2D eigenvalue weighted by atomic mass is 9.87. The summed E-state index contributed by atoms with van der Waals surface area (Å²) < 4.78 is 24.7. The standard InChI is InChI=1S/C12H19NO3S/c1-12(2,3)10-6-8-11(9-7-10)17(14,15)13(4)16-5/h6-9H,1-5H3. The molecule has 17 heavy (non-hydrogen) atoms. The Hall–Kier alpha value is -0.910. The molecule has 1 aromatic carbocycles. The molecule has 0 aliphatic carbocycles. The molecule has 0 atom stereocenters. The molecule has 0 radical (unpaired) electrons. The normalized spacial score (nSPS) is 13.1. The molecule has 0 aromatic heterocycles. The van der Waals surface area contributed by atoms with E-state index in [0.717, 1.165) is 10.0 Å². The maximum absolute atomic E-state index is 11.9. The molecule has 96 valence electrons. The van der Waals surface area contributed by atoms with Crippen LogP contribution < -0.4 is 0 Å². The lowest BCUT2D eigenvalue weighted by molar-refractivity contribution is -0.0258. The Kier molecular flexibility index (Phi) is 3.96. The van der Waals surface area contributed by atoms with Crippen molar-refractivity contribution in [3.8, 4) is 0 Å². The van der Waals surface area contributed by atoms with Crippen molar-refractivity contribution in [3.63, 3.8) is 0 Å². The van der Waals surface area contributed by atoms with Gasteiger partial charge in [-0.25, -0.2) is 8.42 Å². The molecule has 0 N–H and O–H groups in total. The van der Waals surface area contributed by atoms with Crippen LogP contribution in [0.1, 0.15) is 26.3 Å². The summed E-state index contributed by atoms with van der Waals surface area (Å²) in [7, 11) is -0.852. The van der Waals surface area contributed by atoms with Crippen molar-refractivity contribution in [2.75, 3.05) is 14.2 Å². The predicted octanol–water partition coefficient (Wildman–Crippen LogP) is 2.17. The van der Waals surface area contributed by atoms with E-state index in [9.17, 15) is 8.42 Å². The topological polar surface area (TPSA) is 46.6 Å². The maximum Gasteiger partial charge on any atom is 0.264 e. The highest BCUT2D eigenvalue weighted by molar-refractivity contribution is 7.89. The molecule has 1 aromatic rings. The first-order valence-electron chi connectivity index (χ1n) is 5.33. The fourth-order valence-corrected chi connectivity index (χ4v) is 2.35. The van der Waals surface area contributed by atoms with Crippen LogP contribution in [0.25, 0.3) is 0 Å². The van der Waals surface area contributed by atoms with Crippen LogP contribution in [-0.4, -0.2) is 27.0 Å². The van der Waals surface area contributed by atoms with Crippen molar-refractivity contribution in [2.45, 2.75) is 31.1 Å². The van der Waals surface area contributed by atoms with Crippen molar-refractivity contribution in [2.24, 2.45) is 0 Å². The van der Waals surface area contributed by atoms with Crippen molar-refractivity contribution >= 4 is 10.0 Å². The summed E-state index contributed by atoms with van der Waals surface area (Å²) in [5.74, 6) is 0.